The minimum absolute atomic E-state index is 0. The van der Waals surface area contributed by atoms with Crippen LogP contribution in [0, 0.1) is 10.1 Å². The van der Waals surface area contributed by atoms with Crippen LogP contribution in [0.2, 0.25) is 0 Å². The molecular formula is C12H16BrN4O7P. The summed E-state index contributed by atoms with van der Waals surface area (Å²) in [6.07, 6.45) is 0. The average molecular weight is 439 g/mol. The zero-order chi connectivity index (χ0) is 18.3. The summed E-state index contributed by atoms with van der Waals surface area (Å²) in [4.78, 5) is 56.3. The highest BCUT2D eigenvalue weighted by Crippen LogP contribution is 2.48. The van der Waals surface area contributed by atoms with Crippen LogP contribution in [0.15, 0.2) is 21.7 Å². The number of H-pyrrole nitrogens is 2. The van der Waals surface area contributed by atoms with E-state index in [0.29, 0.717) is 0 Å². The van der Waals surface area contributed by atoms with Gasteiger partial charge in [0.2, 0.25) is 0 Å². The van der Waals surface area contributed by atoms with Gasteiger partial charge in [0.15, 0.2) is 0 Å². The monoisotopic (exact) mass is 438 g/mol. The van der Waals surface area contributed by atoms with Crippen LogP contribution >= 0.6 is 24.6 Å². The fourth-order valence-corrected chi connectivity index (χ4v) is 2.23. The second kappa shape index (κ2) is 7.18. The summed E-state index contributed by atoms with van der Waals surface area (Å²) >= 11 is 0. The molecule has 0 radical (unpaired) electrons. The van der Waals surface area contributed by atoms with E-state index < -0.39 is 28.9 Å². The number of halogens is 1. The third kappa shape index (κ3) is 4.41. The van der Waals surface area contributed by atoms with E-state index in [0.717, 1.165) is 12.1 Å². The predicted molar refractivity (Wildman–Crippen MR) is 95.1 cm³/mol. The number of hydrogen-bond donors (Lipinski definition) is 5. The van der Waals surface area contributed by atoms with Gasteiger partial charge in [-0.15, -0.1) is 17.0 Å². The van der Waals surface area contributed by atoms with Crippen LogP contribution in [0.25, 0.3) is 11.0 Å². The number of aromatic nitrogens is 2. The van der Waals surface area contributed by atoms with Crippen molar-refractivity contribution in [2.24, 2.45) is 0 Å². The van der Waals surface area contributed by atoms with Gasteiger partial charge in [0, 0.05) is 18.7 Å². The lowest BCUT2D eigenvalue weighted by Crippen LogP contribution is -2.38. The Balaban J connectivity index is 0.00000312. The molecule has 2 aromatic rings. The SMILES string of the molecule is Br.CC(C)(NCc1cc([N+](=O)[O-])cc2[nH]c(=O)c(=O)[nH]c12)P(=O)(O)O. The molecule has 0 saturated heterocycles. The van der Waals surface area contributed by atoms with Crippen molar-refractivity contribution in [3.63, 3.8) is 0 Å². The maximum absolute atomic E-state index is 11.5. The smallest absolute Gasteiger partial charge is 0.323 e. The van der Waals surface area contributed by atoms with Crippen LogP contribution in [0.4, 0.5) is 5.69 Å². The van der Waals surface area contributed by atoms with Crippen molar-refractivity contribution in [3.05, 3.63) is 48.5 Å². The third-order valence-corrected chi connectivity index (χ3v) is 5.16. The number of nitro benzene ring substituents is 1. The van der Waals surface area contributed by atoms with Gasteiger partial charge in [-0.05, 0) is 19.4 Å². The zero-order valence-corrected chi connectivity index (χ0v) is 15.7. The van der Waals surface area contributed by atoms with Crippen molar-refractivity contribution in [3.8, 4) is 0 Å². The van der Waals surface area contributed by atoms with Gasteiger partial charge in [0.1, 0.15) is 5.28 Å². The largest absolute Gasteiger partial charge is 0.344 e. The van der Waals surface area contributed by atoms with Gasteiger partial charge in [-0.2, -0.15) is 0 Å². The third-order valence-electron chi connectivity index (χ3n) is 3.55. The number of benzene rings is 1. The van der Waals surface area contributed by atoms with Gasteiger partial charge >= 0.3 is 18.7 Å². The van der Waals surface area contributed by atoms with E-state index in [4.69, 9.17) is 0 Å². The Morgan fingerprint density at radius 3 is 2.32 bits per heavy atom. The van der Waals surface area contributed by atoms with Gasteiger partial charge in [0.05, 0.1) is 16.0 Å². The molecule has 0 aliphatic carbocycles. The minimum Gasteiger partial charge on any atom is -0.323 e. The standard InChI is InChI=1S/C12H15N4O7P.BrH/c1-12(2,24(21,22)23)13-5-6-3-7(16(19)20)4-8-9(6)15-11(18)10(17)14-8;/h3-4,13H,5H2,1-2H3,(H,14,17)(H,15,18)(H2,21,22,23);1H. The fraction of sp³-hybridized carbons (Fsp3) is 0.333. The van der Waals surface area contributed by atoms with Crippen LogP contribution < -0.4 is 16.4 Å². The van der Waals surface area contributed by atoms with E-state index in [1.54, 1.807) is 0 Å². The molecule has 1 aromatic carbocycles. The van der Waals surface area contributed by atoms with Crippen LogP contribution in [0.1, 0.15) is 19.4 Å². The zero-order valence-electron chi connectivity index (χ0n) is 13.1. The molecule has 0 saturated carbocycles. The van der Waals surface area contributed by atoms with Crippen molar-refractivity contribution in [2.45, 2.75) is 25.7 Å². The minimum atomic E-state index is -4.49. The highest BCUT2D eigenvalue weighted by Gasteiger charge is 2.37. The van der Waals surface area contributed by atoms with Crippen molar-refractivity contribution < 1.29 is 19.3 Å². The molecule has 0 fully saturated rings. The molecule has 1 heterocycles. The van der Waals surface area contributed by atoms with Crippen LogP contribution in [-0.2, 0) is 11.1 Å². The van der Waals surface area contributed by atoms with Crippen LogP contribution in [0.5, 0.6) is 0 Å². The fourth-order valence-electron chi connectivity index (χ4n) is 1.94. The van der Waals surface area contributed by atoms with Gasteiger partial charge < -0.3 is 19.8 Å². The summed E-state index contributed by atoms with van der Waals surface area (Å²) in [7, 11) is -4.49. The number of aromatic amines is 2. The first kappa shape index (κ1) is 21.2. The average Bonchev–Trinajstić information content (AvgIpc) is 2.44. The number of nitrogens with one attached hydrogen (secondary N) is 3. The summed E-state index contributed by atoms with van der Waals surface area (Å²) in [6, 6.07) is 2.24. The Labute approximate surface area is 150 Å². The highest BCUT2D eigenvalue weighted by atomic mass is 79.9. The molecular weight excluding hydrogens is 423 g/mol. The number of nitrogens with zero attached hydrogens (tertiary/aromatic N) is 1. The molecule has 0 atom stereocenters. The second-order valence-electron chi connectivity index (χ2n) is 5.65. The topological polar surface area (TPSA) is 178 Å². The summed E-state index contributed by atoms with van der Waals surface area (Å²) in [5, 5.41) is 12.0. The molecule has 0 bridgehead atoms. The Kier molecular flexibility index (Phi) is 6.09. The van der Waals surface area contributed by atoms with Gasteiger partial charge in [0.25, 0.3) is 5.69 Å². The molecule has 11 nitrogen and oxygen atoms in total. The van der Waals surface area contributed by atoms with E-state index in [9.17, 15) is 34.1 Å². The Hall–Kier alpha value is -1.85. The Morgan fingerprint density at radius 2 is 1.80 bits per heavy atom. The van der Waals surface area contributed by atoms with E-state index >= 15 is 0 Å². The van der Waals surface area contributed by atoms with Crippen LogP contribution in [-0.4, -0.2) is 30.0 Å². The number of non-ortho nitro benzene ring substituents is 1. The molecule has 0 aliphatic heterocycles. The van der Waals surface area contributed by atoms with Gasteiger partial charge in [-0.25, -0.2) is 0 Å². The molecule has 1 aromatic heterocycles. The summed E-state index contributed by atoms with van der Waals surface area (Å²) in [5.41, 5.74) is -1.85. The normalized spacial score (nSPS) is 12.0. The van der Waals surface area contributed by atoms with Crippen molar-refractivity contribution in [1.29, 1.82) is 0 Å². The lowest BCUT2D eigenvalue weighted by Gasteiger charge is -2.27. The van der Waals surface area contributed by atoms with Gasteiger partial charge in [-0.3, -0.25) is 29.6 Å². The maximum Gasteiger partial charge on any atom is 0.344 e. The predicted octanol–water partition coefficient (Wildman–Crippen LogP) is 0.706. The van der Waals surface area contributed by atoms with E-state index in [-0.39, 0.29) is 45.8 Å². The second-order valence-corrected chi connectivity index (χ2v) is 7.86. The molecule has 0 amide bonds. The number of nitro groups is 1. The Morgan fingerprint density at radius 1 is 1.24 bits per heavy atom. The van der Waals surface area contributed by atoms with Crippen LogP contribution in [0.3, 0.4) is 0 Å². The van der Waals surface area contributed by atoms with E-state index in [1.807, 2.05) is 0 Å². The quantitative estimate of drug-likeness (QED) is 0.196. The number of rotatable bonds is 5. The highest BCUT2D eigenvalue weighted by molar-refractivity contribution is 8.93. The van der Waals surface area contributed by atoms with Crippen molar-refractivity contribution >= 4 is 41.3 Å². The molecule has 13 heteroatoms. The lowest BCUT2D eigenvalue weighted by atomic mass is 10.1. The summed E-state index contributed by atoms with van der Waals surface area (Å²) < 4.78 is 11.4. The number of hydrogen-bond acceptors (Lipinski definition) is 6. The Bertz CT molecular complexity index is 978. The molecule has 25 heavy (non-hydrogen) atoms. The molecule has 5 N–H and O–H groups in total. The van der Waals surface area contributed by atoms with E-state index in [1.165, 1.54) is 13.8 Å². The molecule has 0 aliphatic rings. The van der Waals surface area contributed by atoms with Crippen molar-refractivity contribution in [1.82, 2.24) is 15.3 Å². The summed E-state index contributed by atoms with van der Waals surface area (Å²) in [6.45, 7) is 2.37. The first-order chi connectivity index (χ1) is 10.9. The first-order valence-electron chi connectivity index (χ1n) is 6.66. The molecule has 138 valence electrons. The lowest BCUT2D eigenvalue weighted by molar-refractivity contribution is -0.384. The van der Waals surface area contributed by atoms with E-state index in [2.05, 4.69) is 15.3 Å². The molecule has 0 unspecified atom stereocenters. The van der Waals surface area contributed by atoms with Crippen molar-refractivity contribution in [2.75, 3.05) is 0 Å². The molecule has 2 rings (SSSR count). The summed E-state index contributed by atoms with van der Waals surface area (Å²) in [5.74, 6) is 0. The first-order valence-corrected chi connectivity index (χ1v) is 8.28. The molecule has 0 spiro atoms. The number of fused-ring (bicyclic) bond motifs is 1. The van der Waals surface area contributed by atoms with Gasteiger partial charge in [-0.1, -0.05) is 0 Å². The maximum atomic E-state index is 11.5.